The zero-order valence-corrected chi connectivity index (χ0v) is 11.0. The van der Waals surface area contributed by atoms with Crippen LogP contribution in [0.2, 0.25) is 5.02 Å². The second-order valence-electron chi connectivity index (χ2n) is 4.85. The van der Waals surface area contributed by atoms with Crippen LogP contribution in [0.4, 0.5) is 0 Å². The number of nitrogens with zero attached hydrogens (tertiary/aromatic N) is 2. The highest BCUT2D eigenvalue weighted by molar-refractivity contribution is 6.30. The summed E-state index contributed by atoms with van der Waals surface area (Å²) in [6.07, 6.45) is 2.39. The van der Waals surface area contributed by atoms with Gasteiger partial charge in [0.2, 0.25) is 0 Å². The van der Waals surface area contributed by atoms with Crippen LogP contribution >= 0.6 is 11.6 Å². The summed E-state index contributed by atoms with van der Waals surface area (Å²) in [6, 6.07) is 8.98. The van der Waals surface area contributed by atoms with Crippen molar-refractivity contribution in [3.05, 3.63) is 41.0 Å². The first-order valence-corrected chi connectivity index (χ1v) is 6.58. The van der Waals surface area contributed by atoms with E-state index in [0.717, 1.165) is 17.8 Å². The van der Waals surface area contributed by atoms with Crippen LogP contribution in [0.3, 0.4) is 0 Å². The van der Waals surface area contributed by atoms with Crippen LogP contribution in [0.15, 0.2) is 30.3 Å². The van der Waals surface area contributed by atoms with E-state index in [9.17, 15) is 4.79 Å². The van der Waals surface area contributed by atoms with E-state index in [1.54, 1.807) is 22.9 Å². The van der Waals surface area contributed by atoms with Gasteiger partial charge in [-0.15, -0.1) is 0 Å². The molecule has 1 aliphatic carbocycles. The Kier molecular flexibility index (Phi) is 3.03. The van der Waals surface area contributed by atoms with Crippen LogP contribution in [0.1, 0.15) is 23.3 Å². The number of aromatic carboxylic acids is 1. The van der Waals surface area contributed by atoms with Gasteiger partial charge in [0.25, 0.3) is 0 Å². The molecule has 1 aromatic carbocycles. The Morgan fingerprint density at radius 1 is 1.37 bits per heavy atom. The van der Waals surface area contributed by atoms with Gasteiger partial charge in [0.05, 0.1) is 5.69 Å². The van der Waals surface area contributed by atoms with Gasteiger partial charge in [0.15, 0.2) is 5.69 Å². The summed E-state index contributed by atoms with van der Waals surface area (Å²) in [5, 5.41) is 13.9. The van der Waals surface area contributed by atoms with Crippen LogP contribution in [-0.2, 0) is 6.54 Å². The predicted molar refractivity (Wildman–Crippen MR) is 72.4 cm³/mol. The van der Waals surface area contributed by atoms with Gasteiger partial charge in [0, 0.05) is 11.6 Å². The number of halogens is 1. The molecule has 1 aliphatic rings. The third kappa shape index (κ3) is 2.63. The molecule has 0 amide bonds. The van der Waals surface area contributed by atoms with E-state index in [1.807, 2.05) is 12.1 Å². The zero-order valence-electron chi connectivity index (χ0n) is 10.2. The molecule has 0 atom stereocenters. The largest absolute Gasteiger partial charge is 0.476 e. The van der Waals surface area contributed by atoms with Crippen molar-refractivity contribution in [3.8, 4) is 11.3 Å². The Balaban J connectivity index is 2.01. The van der Waals surface area contributed by atoms with Gasteiger partial charge < -0.3 is 5.11 Å². The second-order valence-corrected chi connectivity index (χ2v) is 5.29. The SMILES string of the molecule is O=C(O)c1cc(-c2ccc(Cl)cc2)n(CC2CC2)n1. The minimum atomic E-state index is -0.996. The number of carboxylic acid groups (broad SMARTS) is 1. The third-order valence-electron chi connectivity index (χ3n) is 3.27. The Morgan fingerprint density at radius 2 is 2.05 bits per heavy atom. The maximum Gasteiger partial charge on any atom is 0.356 e. The molecular weight excluding hydrogens is 264 g/mol. The summed E-state index contributed by atoms with van der Waals surface area (Å²) in [5.74, 6) is -0.364. The molecule has 19 heavy (non-hydrogen) atoms. The topological polar surface area (TPSA) is 55.1 Å². The highest BCUT2D eigenvalue weighted by atomic mass is 35.5. The van der Waals surface area contributed by atoms with Gasteiger partial charge in [-0.2, -0.15) is 5.10 Å². The van der Waals surface area contributed by atoms with Crippen molar-refractivity contribution in [1.29, 1.82) is 0 Å². The van der Waals surface area contributed by atoms with Gasteiger partial charge in [0.1, 0.15) is 0 Å². The average Bonchev–Trinajstić information content (AvgIpc) is 3.08. The number of carbonyl (C=O) groups is 1. The molecule has 0 bridgehead atoms. The Bertz CT molecular complexity index is 615. The molecule has 2 aromatic rings. The highest BCUT2D eigenvalue weighted by Crippen LogP contribution is 2.32. The number of benzene rings is 1. The minimum Gasteiger partial charge on any atom is -0.476 e. The summed E-state index contributed by atoms with van der Waals surface area (Å²) in [5.41, 5.74) is 1.86. The van der Waals surface area contributed by atoms with Crippen molar-refractivity contribution in [2.45, 2.75) is 19.4 Å². The molecule has 1 aromatic heterocycles. The first-order valence-electron chi connectivity index (χ1n) is 6.20. The third-order valence-corrected chi connectivity index (χ3v) is 3.52. The molecule has 0 unspecified atom stereocenters. The highest BCUT2D eigenvalue weighted by Gasteiger charge is 2.24. The Hall–Kier alpha value is -1.81. The number of hydrogen-bond acceptors (Lipinski definition) is 2. The molecule has 1 saturated carbocycles. The van der Waals surface area contributed by atoms with Crippen LogP contribution in [-0.4, -0.2) is 20.9 Å². The quantitative estimate of drug-likeness (QED) is 0.932. The number of hydrogen-bond donors (Lipinski definition) is 1. The fourth-order valence-corrected chi connectivity index (χ4v) is 2.18. The van der Waals surface area contributed by atoms with Crippen molar-refractivity contribution >= 4 is 17.6 Å². The lowest BCUT2D eigenvalue weighted by Crippen LogP contribution is -2.06. The lowest BCUT2D eigenvalue weighted by atomic mass is 10.1. The molecule has 1 heterocycles. The van der Waals surface area contributed by atoms with Crippen LogP contribution in [0, 0.1) is 5.92 Å². The molecule has 98 valence electrons. The molecule has 0 spiro atoms. The van der Waals surface area contributed by atoms with E-state index in [0.29, 0.717) is 10.9 Å². The van der Waals surface area contributed by atoms with Crippen molar-refractivity contribution < 1.29 is 9.90 Å². The van der Waals surface area contributed by atoms with Crippen LogP contribution < -0.4 is 0 Å². The molecule has 3 rings (SSSR count). The molecule has 1 fully saturated rings. The van der Waals surface area contributed by atoms with E-state index in [4.69, 9.17) is 16.7 Å². The summed E-state index contributed by atoms with van der Waals surface area (Å²) >= 11 is 5.87. The predicted octanol–water partition coefficient (Wildman–Crippen LogP) is 3.31. The standard InChI is InChI=1S/C14H13ClN2O2/c15-11-5-3-10(4-6-11)13-7-12(14(18)19)16-17(13)8-9-1-2-9/h3-7,9H,1-2,8H2,(H,18,19). The van der Waals surface area contributed by atoms with E-state index < -0.39 is 5.97 Å². The van der Waals surface area contributed by atoms with E-state index in [-0.39, 0.29) is 5.69 Å². The smallest absolute Gasteiger partial charge is 0.356 e. The summed E-state index contributed by atoms with van der Waals surface area (Å²) in [6.45, 7) is 0.783. The summed E-state index contributed by atoms with van der Waals surface area (Å²) < 4.78 is 1.80. The van der Waals surface area contributed by atoms with E-state index >= 15 is 0 Å². The monoisotopic (exact) mass is 276 g/mol. The maximum absolute atomic E-state index is 11.1. The van der Waals surface area contributed by atoms with Gasteiger partial charge in [-0.1, -0.05) is 23.7 Å². The fourth-order valence-electron chi connectivity index (χ4n) is 2.06. The van der Waals surface area contributed by atoms with E-state index in [1.165, 1.54) is 12.8 Å². The minimum absolute atomic E-state index is 0.0885. The molecular formula is C14H13ClN2O2. The van der Waals surface area contributed by atoms with Gasteiger partial charge >= 0.3 is 5.97 Å². The summed E-state index contributed by atoms with van der Waals surface area (Å²) in [4.78, 5) is 11.1. The summed E-state index contributed by atoms with van der Waals surface area (Å²) in [7, 11) is 0. The van der Waals surface area contributed by atoms with Gasteiger partial charge in [-0.25, -0.2) is 4.79 Å². The normalized spacial score (nSPS) is 14.6. The number of rotatable bonds is 4. The van der Waals surface area contributed by atoms with Gasteiger partial charge in [-0.05, 0) is 42.5 Å². The van der Waals surface area contributed by atoms with E-state index in [2.05, 4.69) is 5.10 Å². The van der Waals surface area contributed by atoms with Crippen molar-refractivity contribution in [1.82, 2.24) is 9.78 Å². The van der Waals surface area contributed by atoms with Crippen LogP contribution in [0.25, 0.3) is 11.3 Å². The molecule has 0 aliphatic heterocycles. The molecule has 0 radical (unpaired) electrons. The molecule has 5 heteroatoms. The first-order chi connectivity index (χ1) is 9.13. The van der Waals surface area contributed by atoms with Crippen molar-refractivity contribution in [3.63, 3.8) is 0 Å². The van der Waals surface area contributed by atoms with Crippen molar-refractivity contribution in [2.24, 2.45) is 5.92 Å². The average molecular weight is 277 g/mol. The first kappa shape index (κ1) is 12.2. The lowest BCUT2D eigenvalue weighted by Gasteiger charge is -2.06. The second kappa shape index (κ2) is 4.70. The zero-order chi connectivity index (χ0) is 13.4. The molecule has 0 saturated heterocycles. The fraction of sp³-hybridized carbons (Fsp3) is 0.286. The Labute approximate surface area is 115 Å². The molecule has 1 N–H and O–H groups in total. The lowest BCUT2D eigenvalue weighted by molar-refractivity contribution is 0.0689. The van der Waals surface area contributed by atoms with Crippen LogP contribution in [0.5, 0.6) is 0 Å². The molecule has 4 nitrogen and oxygen atoms in total. The number of carboxylic acids is 1. The number of aromatic nitrogens is 2. The Morgan fingerprint density at radius 3 is 2.63 bits per heavy atom. The maximum atomic E-state index is 11.1. The van der Waals surface area contributed by atoms with Crippen molar-refractivity contribution in [2.75, 3.05) is 0 Å². The van der Waals surface area contributed by atoms with Gasteiger partial charge in [-0.3, -0.25) is 4.68 Å².